The number of nitrogens with zero attached hydrogens (tertiary/aromatic N) is 1. The first-order valence-corrected chi connectivity index (χ1v) is 11.1. The van der Waals surface area contributed by atoms with Crippen LogP contribution < -0.4 is 10.6 Å². The van der Waals surface area contributed by atoms with Gasteiger partial charge in [-0.2, -0.15) is 0 Å². The van der Waals surface area contributed by atoms with Crippen LogP contribution in [-0.4, -0.2) is 34.2 Å². The number of guanidine groups is 1. The molecule has 2 rings (SSSR count). The molecule has 1 unspecified atom stereocenters. The number of halogens is 1. The Bertz CT molecular complexity index is 881. The van der Waals surface area contributed by atoms with Crippen LogP contribution in [0, 0.1) is 6.92 Å². The number of nitrogens with one attached hydrogen (secondary N) is 2. The molecule has 0 amide bonds. The second kappa shape index (κ2) is 11.4. The number of aliphatic imine (C=N–C) groups is 1. The van der Waals surface area contributed by atoms with Crippen molar-refractivity contribution in [2.75, 3.05) is 19.8 Å². The summed E-state index contributed by atoms with van der Waals surface area (Å²) in [5.41, 5.74) is 4.44. The van der Waals surface area contributed by atoms with Gasteiger partial charge in [0.05, 0.1) is 5.75 Å². The third-order valence-electron chi connectivity index (χ3n) is 4.32. The van der Waals surface area contributed by atoms with Gasteiger partial charge in [-0.05, 0) is 29.5 Å². The molecule has 0 bridgehead atoms. The van der Waals surface area contributed by atoms with E-state index in [9.17, 15) is 8.42 Å². The minimum atomic E-state index is -3.01. The lowest BCUT2D eigenvalue weighted by molar-refractivity contribution is 0.601. The normalized spacial score (nSPS) is 12.8. The van der Waals surface area contributed by atoms with Crippen LogP contribution in [0.4, 0.5) is 0 Å². The number of hydrogen-bond donors (Lipinski definition) is 2. The predicted octanol–water partition coefficient (Wildman–Crippen LogP) is 3.63. The first kappa shape index (κ1) is 24.4. The molecule has 0 spiro atoms. The summed E-state index contributed by atoms with van der Waals surface area (Å²) in [7, 11) is -1.25. The monoisotopic (exact) mass is 515 g/mol. The van der Waals surface area contributed by atoms with Gasteiger partial charge in [-0.3, -0.25) is 4.99 Å². The van der Waals surface area contributed by atoms with Gasteiger partial charge in [0, 0.05) is 26.4 Å². The molecule has 0 aliphatic carbocycles. The molecule has 7 heteroatoms. The van der Waals surface area contributed by atoms with E-state index in [1.165, 1.54) is 17.4 Å². The molecular formula is C21H30IN3O2S. The maximum absolute atomic E-state index is 11.4. The van der Waals surface area contributed by atoms with Gasteiger partial charge in [-0.1, -0.05) is 61.0 Å². The molecule has 2 N–H and O–H groups in total. The third kappa shape index (κ3) is 8.60. The molecule has 5 nitrogen and oxygen atoms in total. The largest absolute Gasteiger partial charge is 0.356 e. The van der Waals surface area contributed by atoms with Crippen LogP contribution >= 0.6 is 24.0 Å². The highest BCUT2D eigenvalue weighted by molar-refractivity contribution is 14.0. The summed E-state index contributed by atoms with van der Waals surface area (Å²) in [5, 5.41) is 6.65. The van der Waals surface area contributed by atoms with Crippen molar-refractivity contribution in [1.82, 2.24) is 10.6 Å². The highest BCUT2D eigenvalue weighted by Crippen LogP contribution is 2.15. The van der Waals surface area contributed by atoms with Gasteiger partial charge in [-0.15, -0.1) is 24.0 Å². The Labute approximate surface area is 186 Å². The summed E-state index contributed by atoms with van der Waals surface area (Å²) in [6.45, 7) is 5.70. The predicted molar refractivity (Wildman–Crippen MR) is 128 cm³/mol. The van der Waals surface area contributed by atoms with Gasteiger partial charge in [0.15, 0.2) is 15.8 Å². The molecule has 0 aliphatic heterocycles. The number of rotatable bonds is 7. The van der Waals surface area contributed by atoms with Crippen molar-refractivity contribution < 1.29 is 8.42 Å². The lowest BCUT2D eigenvalue weighted by Crippen LogP contribution is -2.38. The molecule has 0 heterocycles. The van der Waals surface area contributed by atoms with Gasteiger partial charge in [0.1, 0.15) is 0 Å². The number of hydrogen-bond acceptors (Lipinski definition) is 3. The Hall–Kier alpha value is -1.61. The van der Waals surface area contributed by atoms with E-state index in [0.717, 1.165) is 23.6 Å². The number of sulfone groups is 1. The summed E-state index contributed by atoms with van der Waals surface area (Å²) in [6, 6.07) is 16.1. The van der Waals surface area contributed by atoms with Crippen LogP contribution in [0.15, 0.2) is 53.5 Å². The quantitative estimate of drug-likeness (QED) is 0.336. The van der Waals surface area contributed by atoms with Crippen LogP contribution in [0.5, 0.6) is 0 Å². The molecule has 1 atom stereocenters. The minimum absolute atomic E-state index is 0. The molecular weight excluding hydrogens is 485 g/mol. The Morgan fingerprint density at radius 3 is 2.29 bits per heavy atom. The molecule has 28 heavy (non-hydrogen) atoms. The van der Waals surface area contributed by atoms with Crippen molar-refractivity contribution in [2.45, 2.75) is 32.1 Å². The molecule has 0 fully saturated rings. The molecule has 0 saturated heterocycles. The van der Waals surface area contributed by atoms with Gasteiger partial charge < -0.3 is 10.6 Å². The zero-order chi connectivity index (χ0) is 19.9. The van der Waals surface area contributed by atoms with E-state index in [1.54, 1.807) is 7.05 Å². The molecule has 0 saturated carbocycles. The third-order valence-corrected chi connectivity index (χ3v) is 5.18. The fraction of sp³-hybridized carbons (Fsp3) is 0.381. The fourth-order valence-corrected chi connectivity index (χ4v) is 3.60. The average Bonchev–Trinajstić information content (AvgIpc) is 2.61. The average molecular weight is 515 g/mol. The van der Waals surface area contributed by atoms with E-state index in [1.807, 2.05) is 24.3 Å². The van der Waals surface area contributed by atoms with Gasteiger partial charge in [0.2, 0.25) is 0 Å². The Morgan fingerprint density at radius 1 is 1.07 bits per heavy atom. The molecule has 2 aromatic rings. The Kier molecular flexibility index (Phi) is 9.95. The number of benzene rings is 2. The SMILES string of the molecule is CN=C(NCc1ccc(CS(C)(=O)=O)cc1)NCC(C)c1cccc(C)c1.I. The van der Waals surface area contributed by atoms with Gasteiger partial charge >= 0.3 is 0 Å². The zero-order valence-corrected chi connectivity index (χ0v) is 20.0. The lowest BCUT2D eigenvalue weighted by atomic mass is 9.99. The van der Waals surface area contributed by atoms with Crippen LogP contribution in [0.25, 0.3) is 0 Å². The summed E-state index contributed by atoms with van der Waals surface area (Å²) < 4.78 is 22.7. The van der Waals surface area contributed by atoms with E-state index in [-0.39, 0.29) is 29.7 Å². The van der Waals surface area contributed by atoms with Crippen molar-refractivity contribution in [3.05, 3.63) is 70.8 Å². The molecule has 154 valence electrons. The summed E-state index contributed by atoms with van der Waals surface area (Å²) in [6.07, 6.45) is 1.25. The summed E-state index contributed by atoms with van der Waals surface area (Å²) in [5.74, 6) is 1.19. The highest BCUT2D eigenvalue weighted by atomic mass is 127. The molecule has 0 aliphatic rings. The van der Waals surface area contributed by atoms with Crippen molar-refractivity contribution in [1.29, 1.82) is 0 Å². The Morgan fingerprint density at radius 2 is 1.71 bits per heavy atom. The fourth-order valence-electron chi connectivity index (χ4n) is 2.81. The zero-order valence-electron chi connectivity index (χ0n) is 16.9. The summed E-state index contributed by atoms with van der Waals surface area (Å²) in [4.78, 5) is 4.27. The smallest absolute Gasteiger partial charge is 0.191 e. The van der Waals surface area contributed by atoms with Crippen LogP contribution in [-0.2, 0) is 22.1 Å². The van der Waals surface area contributed by atoms with Crippen molar-refractivity contribution in [2.24, 2.45) is 4.99 Å². The Balaban J connectivity index is 0.00000392. The van der Waals surface area contributed by atoms with E-state index < -0.39 is 9.84 Å². The van der Waals surface area contributed by atoms with E-state index in [2.05, 4.69) is 53.7 Å². The van der Waals surface area contributed by atoms with Crippen LogP contribution in [0.1, 0.15) is 35.1 Å². The second-order valence-corrected chi connectivity index (χ2v) is 9.15. The minimum Gasteiger partial charge on any atom is -0.356 e. The van der Waals surface area contributed by atoms with E-state index in [4.69, 9.17) is 0 Å². The molecule has 0 radical (unpaired) electrons. The second-order valence-electron chi connectivity index (χ2n) is 7.01. The van der Waals surface area contributed by atoms with Crippen molar-refractivity contribution in [3.8, 4) is 0 Å². The lowest BCUT2D eigenvalue weighted by Gasteiger charge is -2.17. The van der Waals surface area contributed by atoms with E-state index >= 15 is 0 Å². The van der Waals surface area contributed by atoms with Crippen molar-refractivity contribution >= 4 is 39.8 Å². The first-order valence-electron chi connectivity index (χ1n) is 9.03. The maximum Gasteiger partial charge on any atom is 0.191 e. The van der Waals surface area contributed by atoms with E-state index in [0.29, 0.717) is 12.5 Å². The van der Waals surface area contributed by atoms with Gasteiger partial charge in [0.25, 0.3) is 0 Å². The maximum atomic E-state index is 11.4. The molecule has 2 aromatic carbocycles. The highest BCUT2D eigenvalue weighted by Gasteiger charge is 2.07. The summed E-state index contributed by atoms with van der Waals surface area (Å²) >= 11 is 0. The van der Waals surface area contributed by atoms with Crippen LogP contribution in [0.3, 0.4) is 0 Å². The standard InChI is InChI=1S/C21H29N3O2S.HI/c1-16-6-5-7-20(12-16)17(2)13-23-21(22-3)24-14-18-8-10-19(11-9-18)15-27(4,25)26;/h5-12,17H,13-15H2,1-4H3,(H2,22,23,24);1H. The first-order chi connectivity index (χ1) is 12.8. The number of aryl methyl sites for hydroxylation is 1. The van der Waals surface area contributed by atoms with Crippen molar-refractivity contribution in [3.63, 3.8) is 0 Å². The van der Waals surface area contributed by atoms with Gasteiger partial charge in [-0.25, -0.2) is 8.42 Å². The topological polar surface area (TPSA) is 70.6 Å². The van der Waals surface area contributed by atoms with Crippen LogP contribution in [0.2, 0.25) is 0 Å². The molecule has 0 aromatic heterocycles.